The molecule has 0 bridgehead atoms. The van der Waals surface area contributed by atoms with Crippen LogP contribution in [-0.4, -0.2) is 34.6 Å². The fraction of sp³-hybridized carbons (Fsp3) is 0.250. The SMILES string of the molecule is COc1ccc(N)c(C(=O)NCCn2ccnn2)c1. The van der Waals surface area contributed by atoms with Crippen molar-refractivity contribution in [2.75, 3.05) is 19.4 Å². The van der Waals surface area contributed by atoms with Crippen LogP contribution in [-0.2, 0) is 6.54 Å². The van der Waals surface area contributed by atoms with Gasteiger partial charge in [-0.1, -0.05) is 5.21 Å². The lowest BCUT2D eigenvalue weighted by atomic mass is 10.1. The number of amides is 1. The maximum atomic E-state index is 12.0. The number of carbonyl (C=O) groups is 1. The molecule has 0 aliphatic carbocycles. The van der Waals surface area contributed by atoms with Gasteiger partial charge in [-0.25, -0.2) is 0 Å². The number of rotatable bonds is 5. The molecule has 1 aromatic heterocycles. The van der Waals surface area contributed by atoms with Gasteiger partial charge in [-0.05, 0) is 18.2 Å². The Morgan fingerprint density at radius 1 is 1.53 bits per heavy atom. The van der Waals surface area contributed by atoms with Crippen LogP contribution in [0.1, 0.15) is 10.4 Å². The zero-order valence-electron chi connectivity index (χ0n) is 10.5. The average Bonchev–Trinajstić information content (AvgIpc) is 2.92. The highest BCUT2D eigenvalue weighted by Gasteiger charge is 2.10. The van der Waals surface area contributed by atoms with E-state index in [1.165, 1.54) is 7.11 Å². The van der Waals surface area contributed by atoms with Crippen molar-refractivity contribution in [3.05, 3.63) is 36.2 Å². The Labute approximate surface area is 110 Å². The number of hydrogen-bond acceptors (Lipinski definition) is 5. The van der Waals surface area contributed by atoms with E-state index in [0.717, 1.165) is 0 Å². The number of aromatic nitrogens is 3. The van der Waals surface area contributed by atoms with Gasteiger partial charge in [-0.15, -0.1) is 5.10 Å². The van der Waals surface area contributed by atoms with Gasteiger partial charge in [-0.2, -0.15) is 0 Å². The molecule has 100 valence electrons. The molecule has 0 unspecified atom stereocenters. The van der Waals surface area contributed by atoms with Crippen LogP contribution in [0.2, 0.25) is 0 Å². The molecular weight excluding hydrogens is 246 g/mol. The van der Waals surface area contributed by atoms with Crippen molar-refractivity contribution in [3.63, 3.8) is 0 Å². The molecule has 0 radical (unpaired) electrons. The molecular formula is C12H15N5O2. The van der Waals surface area contributed by atoms with Gasteiger partial charge >= 0.3 is 0 Å². The first kappa shape index (κ1) is 12.9. The quantitative estimate of drug-likeness (QED) is 0.755. The third-order valence-electron chi connectivity index (χ3n) is 2.60. The average molecular weight is 261 g/mol. The molecule has 7 heteroatoms. The summed E-state index contributed by atoms with van der Waals surface area (Å²) in [5.74, 6) is 0.354. The minimum Gasteiger partial charge on any atom is -0.497 e. The van der Waals surface area contributed by atoms with Crippen LogP contribution in [0.4, 0.5) is 5.69 Å². The highest BCUT2D eigenvalue weighted by atomic mass is 16.5. The summed E-state index contributed by atoms with van der Waals surface area (Å²) in [6.45, 7) is 0.995. The Balaban J connectivity index is 1.95. The van der Waals surface area contributed by atoms with E-state index in [2.05, 4.69) is 15.6 Å². The van der Waals surface area contributed by atoms with Crippen molar-refractivity contribution >= 4 is 11.6 Å². The minimum atomic E-state index is -0.239. The van der Waals surface area contributed by atoms with Crippen LogP contribution >= 0.6 is 0 Å². The van der Waals surface area contributed by atoms with E-state index in [1.54, 1.807) is 35.3 Å². The number of anilines is 1. The molecule has 0 aliphatic heterocycles. The number of carbonyl (C=O) groups excluding carboxylic acids is 1. The molecule has 3 N–H and O–H groups in total. The summed E-state index contributed by atoms with van der Waals surface area (Å²) in [4.78, 5) is 12.0. The number of nitrogen functional groups attached to an aromatic ring is 1. The number of benzene rings is 1. The highest BCUT2D eigenvalue weighted by Crippen LogP contribution is 2.19. The number of nitrogens with one attached hydrogen (secondary N) is 1. The van der Waals surface area contributed by atoms with Crippen LogP contribution in [0.5, 0.6) is 5.75 Å². The minimum absolute atomic E-state index is 0.239. The fourth-order valence-corrected chi connectivity index (χ4v) is 1.59. The molecule has 1 heterocycles. The maximum Gasteiger partial charge on any atom is 0.253 e. The van der Waals surface area contributed by atoms with E-state index in [0.29, 0.717) is 30.1 Å². The number of nitrogens with zero attached hydrogens (tertiary/aromatic N) is 3. The molecule has 0 spiro atoms. The Morgan fingerprint density at radius 2 is 2.37 bits per heavy atom. The predicted molar refractivity (Wildman–Crippen MR) is 69.8 cm³/mol. The lowest BCUT2D eigenvalue weighted by molar-refractivity contribution is 0.0952. The van der Waals surface area contributed by atoms with E-state index >= 15 is 0 Å². The number of methoxy groups -OCH3 is 1. The summed E-state index contributed by atoms with van der Waals surface area (Å²) >= 11 is 0. The van der Waals surface area contributed by atoms with Crippen LogP contribution < -0.4 is 15.8 Å². The van der Waals surface area contributed by atoms with Gasteiger partial charge in [0, 0.05) is 18.4 Å². The molecule has 0 atom stereocenters. The zero-order chi connectivity index (χ0) is 13.7. The summed E-state index contributed by atoms with van der Waals surface area (Å²) in [7, 11) is 1.54. The monoisotopic (exact) mass is 261 g/mol. The molecule has 1 aromatic carbocycles. The van der Waals surface area contributed by atoms with Crippen molar-refractivity contribution in [1.82, 2.24) is 20.3 Å². The van der Waals surface area contributed by atoms with E-state index in [-0.39, 0.29) is 5.91 Å². The molecule has 0 fully saturated rings. The Hall–Kier alpha value is -2.57. The van der Waals surface area contributed by atoms with Crippen LogP contribution in [0.3, 0.4) is 0 Å². The summed E-state index contributed by atoms with van der Waals surface area (Å²) in [6, 6.07) is 4.97. The lowest BCUT2D eigenvalue weighted by Gasteiger charge is -2.09. The predicted octanol–water partition coefficient (Wildman–Crippen LogP) is 0.299. The molecule has 2 aromatic rings. The van der Waals surface area contributed by atoms with Crippen LogP contribution in [0, 0.1) is 0 Å². The molecule has 0 aliphatic rings. The van der Waals surface area contributed by atoms with Gasteiger partial charge in [0.25, 0.3) is 5.91 Å². The second kappa shape index (κ2) is 5.85. The van der Waals surface area contributed by atoms with Gasteiger partial charge < -0.3 is 15.8 Å². The summed E-state index contributed by atoms with van der Waals surface area (Å²) in [5.41, 5.74) is 6.58. The van der Waals surface area contributed by atoms with Crippen molar-refractivity contribution in [2.45, 2.75) is 6.54 Å². The molecule has 19 heavy (non-hydrogen) atoms. The molecule has 0 saturated carbocycles. The van der Waals surface area contributed by atoms with Crippen LogP contribution in [0.15, 0.2) is 30.6 Å². The zero-order valence-corrected chi connectivity index (χ0v) is 10.5. The highest BCUT2D eigenvalue weighted by molar-refractivity contribution is 5.99. The first-order chi connectivity index (χ1) is 9.20. The Kier molecular flexibility index (Phi) is 3.97. The maximum absolute atomic E-state index is 12.0. The number of ether oxygens (including phenoxy) is 1. The van der Waals surface area contributed by atoms with Crippen molar-refractivity contribution in [1.29, 1.82) is 0 Å². The summed E-state index contributed by atoms with van der Waals surface area (Å²) in [5, 5.41) is 10.2. The van der Waals surface area contributed by atoms with Gasteiger partial charge in [0.1, 0.15) is 5.75 Å². The van der Waals surface area contributed by atoms with E-state index in [9.17, 15) is 4.79 Å². The Morgan fingerprint density at radius 3 is 3.05 bits per heavy atom. The second-order valence-electron chi connectivity index (χ2n) is 3.88. The smallest absolute Gasteiger partial charge is 0.253 e. The van der Waals surface area contributed by atoms with Crippen LogP contribution in [0.25, 0.3) is 0 Å². The molecule has 7 nitrogen and oxygen atoms in total. The van der Waals surface area contributed by atoms with E-state index < -0.39 is 0 Å². The number of nitrogens with two attached hydrogens (primary N) is 1. The van der Waals surface area contributed by atoms with E-state index in [1.807, 2.05) is 0 Å². The molecule has 2 rings (SSSR count). The first-order valence-corrected chi connectivity index (χ1v) is 5.76. The van der Waals surface area contributed by atoms with Crippen molar-refractivity contribution in [2.24, 2.45) is 0 Å². The van der Waals surface area contributed by atoms with E-state index in [4.69, 9.17) is 10.5 Å². The topological polar surface area (TPSA) is 95.1 Å². The third kappa shape index (κ3) is 3.21. The molecule has 0 saturated heterocycles. The second-order valence-corrected chi connectivity index (χ2v) is 3.88. The largest absolute Gasteiger partial charge is 0.497 e. The standard InChI is InChI=1S/C12H15N5O2/c1-19-9-2-3-11(13)10(8-9)12(18)14-4-6-17-7-5-15-16-17/h2-3,5,7-8H,4,6,13H2,1H3,(H,14,18). The fourth-order valence-electron chi connectivity index (χ4n) is 1.59. The summed E-state index contributed by atoms with van der Waals surface area (Å²) < 4.78 is 6.70. The molecule has 1 amide bonds. The van der Waals surface area contributed by atoms with Crippen molar-refractivity contribution in [3.8, 4) is 5.75 Å². The van der Waals surface area contributed by atoms with Gasteiger partial charge in [0.05, 0.1) is 25.4 Å². The van der Waals surface area contributed by atoms with Gasteiger partial charge in [0.15, 0.2) is 0 Å². The summed E-state index contributed by atoms with van der Waals surface area (Å²) in [6.07, 6.45) is 3.31. The lowest BCUT2D eigenvalue weighted by Crippen LogP contribution is -2.28. The third-order valence-corrected chi connectivity index (χ3v) is 2.60. The Bertz CT molecular complexity index is 553. The normalized spacial score (nSPS) is 10.2. The van der Waals surface area contributed by atoms with Crippen molar-refractivity contribution < 1.29 is 9.53 Å². The van der Waals surface area contributed by atoms with Gasteiger partial charge in [0.2, 0.25) is 0 Å². The number of hydrogen-bond donors (Lipinski definition) is 2. The first-order valence-electron chi connectivity index (χ1n) is 5.76. The van der Waals surface area contributed by atoms with Gasteiger partial charge in [-0.3, -0.25) is 9.48 Å².